The van der Waals surface area contributed by atoms with E-state index in [4.69, 9.17) is 11.6 Å². The molecule has 3 aromatic rings. The van der Waals surface area contributed by atoms with Gasteiger partial charge in [0.1, 0.15) is 0 Å². The van der Waals surface area contributed by atoms with E-state index in [1.165, 1.54) is 12.1 Å². The maximum atomic E-state index is 12.8. The van der Waals surface area contributed by atoms with Gasteiger partial charge < -0.3 is 5.32 Å². The van der Waals surface area contributed by atoms with E-state index in [2.05, 4.69) is 5.32 Å². The number of hydrogen-bond donors (Lipinski definition) is 1. The summed E-state index contributed by atoms with van der Waals surface area (Å²) in [6.07, 6.45) is 0.212. The standard InChI is InChI=1S/C22H19ClN2O3/c1-15-2-4-17(5-3-15)22(26)14-21(24-19-10-8-18(23)9-11-19)16-6-12-20(13-7-16)25(27)28/h2-13,21,24H,14H2,1H3. The van der Waals surface area contributed by atoms with Crippen molar-refractivity contribution in [2.24, 2.45) is 0 Å². The van der Waals surface area contributed by atoms with Crippen LogP contribution in [0, 0.1) is 17.0 Å². The van der Waals surface area contributed by atoms with Crippen molar-refractivity contribution >= 4 is 28.8 Å². The van der Waals surface area contributed by atoms with Crippen LogP contribution in [0.25, 0.3) is 0 Å². The lowest BCUT2D eigenvalue weighted by molar-refractivity contribution is -0.384. The zero-order valence-electron chi connectivity index (χ0n) is 15.3. The molecule has 3 aromatic carbocycles. The average Bonchev–Trinajstić information content (AvgIpc) is 2.69. The Morgan fingerprint density at radius 2 is 1.61 bits per heavy atom. The molecule has 1 unspecified atom stereocenters. The molecule has 0 spiro atoms. The predicted octanol–water partition coefficient (Wildman–Crippen LogP) is 5.98. The van der Waals surface area contributed by atoms with Gasteiger partial charge in [0.25, 0.3) is 5.69 Å². The zero-order valence-corrected chi connectivity index (χ0v) is 16.0. The minimum absolute atomic E-state index is 0.00943. The van der Waals surface area contributed by atoms with Crippen LogP contribution < -0.4 is 5.32 Å². The van der Waals surface area contributed by atoms with Crippen molar-refractivity contribution < 1.29 is 9.72 Å². The molecule has 0 aliphatic carbocycles. The number of carbonyl (C=O) groups is 1. The van der Waals surface area contributed by atoms with E-state index in [-0.39, 0.29) is 23.9 Å². The molecule has 0 saturated carbocycles. The van der Waals surface area contributed by atoms with E-state index >= 15 is 0 Å². The first kappa shape index (κ1) is 19.6. The number of nitrogens with zero attached hydrogens (tertiary/aromatic N) is 1. The second-order valence-corrected chi connectivity index (χ2v) is 6.98. The van der Waals surface area contributed by atoms with Crippen LogP contribution in [-0.4, -0.2) is 10.7 Å². The fourth-order valence-corrected chi connectivity index (χ4v) is 3.00. The van der Waals surface area contributed by atoms with Crippen molar-refractivity contribution in [1.82, 2.24) is 0 Å². The molecule has 0 heterocycles. The third-order valence-electron chi connectivity index (χ3n) is 4.45. The van der Waals surface area contributed by atoms with Crippen LogP contribution in [0.1, 0.15) is 33.9 Å². The van der Waals surface area contributed by atoms with Crippen LogP contribution in [0.4, 0.5) is 11.4 Å². The molecular formula is C22H19ClN2O3. The minimum Gasteiger partial charge on any atom is -0.378 e. The highest BCUT2D eigenvalue weighted by molar-refractivity contribution is 6.30. The van der Waals surface area contributed by atoms with Gasteiger partial charge in [0, 0.05) is 34.8 Å². The lowest BCUT2D eigenvalue weighted by Crippen LogP contribution is -2.16. The maximum absolute atomic E-state index is 12.8. The summed E-state index contributed by atoms with van der Waals surface area (Å²) < 4.78 is 0. The Kier molecular flexibility index (Phi) is 6.06. The molecule has 0 saturated heterocycles. The smallest absolute Gasteiger partial charge is 0.269 e. The summed E-state index contributed by atoms with van der Waals surface area (Å²) in [6.45, 7) is 1.97. The maximum Gasteiger partial charge on any atom is 0.269 e. The van der Waals surface area contributed by atoms with Crippen LogP contribution in [0.15, 0.2) is 72.8 Å². The second-order valence-electron chi connectivity index (χ2n) is 6.55. The highest BCUT2D eigenvalue weighted by atomic mass is 35.5. The van der Waals surface area contributed by atoms with Gasteiger partial charge in [-0.3, -0.25) is 14.9 Å². The number of aryl methyl sites for hydroxylation is 1. The van der Waals surface area contributed by atoms with Gasteiger partial charge in [-0.25, -0.2) is 0 Å². The Balaban J connectivity index is 1.86. The van der Waals surface area contributed by atoms with E-state index in [0.717, 1.165) is 16.8 Å². The van der Waals surface area contributed by atoms with Crippen molar-refractivity contribution in [3.8, 4) is 0 Å². The van der Waals surface area contributed by atoms with Gasteiger partial charge in [-0.15, -0.1) is 0 Å². The molecule has 0 aliphatic rings. The molecular weight excluding hydrogens is 376 g/mol. The van der Waals surface area contributed by atoms with E-state index in [0.29, 0.717) is 10.6 Å². The van der Waals surface area contributed by atoms with Crippen LogP contribution in [0.2, 0.25) is 5.02 Å². The van der Waals surface area contributed by atoms with Crippen molar-refractivity contribution in [3.63, 3.8) is 0 Å². The van der Waals surface area contributed by atoms with Gasteiger partial charge >= 0.3 is 0 Å². The first-order valence-corrected chi connectivity index (χ1v) is 9.16. The Bertz CT molecular complexity index is 968. The zero-order chi connectivity index (χ0) is 20.1. The summed E-state index contributed by atoms with van der Waals surface area (Å²) in [4.78, 5) is 23.3. The lowest BCUT2D eigenvalue weighted by atomic mass is 9.97. The number of nitro benzene ring substituents is 1. The number of nitrogens with one attached hydrogen (secondary N) is 1. The number of rotatable bonds is 7. The van der Waals surface area contributed by atoms with Crippen LogP contribution in [0.5, 0.6) is 0 Å². The monoisotopic (exact) mass is 394 g/mol. The molecule has 1 N–H and O–H groups in total. The molecule has 0 radical (unpaired) electrons. The van der Waals surface area contributed by atoms with Crippen molar-refractivity contribution in [2.45, 2.75) is 19.4 Å². The van der Waals surface area contributed by atoms with Gasteiger partial charge in [-0.05, 0) is 36.8 Å². The number of halogens is 1. The molecule has 5 nitrogen and oxygen atoms in total. The molecule has 28 heavy (non-hydrogen) atoms. The summed E-state index contributed by atoms with van der Waals surface area (Å²) in [5.41, 5.74) is 3.34. The number of ketones is 1. The van der Waals surface area contributed by atoms with Crippen molar-refractivity contribution in [2.75, 3.05) is 5.32 Å². The SMILES string of the molecule is Cc1ccc(C(=O)CC(Nc2ccc(Cl)cc2)c2ccc([N+](=O)[O-])cc2)cc1. The molecule has 1 atom stereocenters. The molecule has 0 bridgehead atoms. The number of carbonyl (C=O) groups excluding carboxylic acids is 1. The number of benzene rings is 3. The summed E-state index contributed by atoms with van der Waals surface area (Å²) in [5.74, 6) is -0.00943. The fraction of sp³-hybridized carbons (Fsp3) is 0.136. The van der Waals surface area contributed by atoms with Crippen LogP contribution in [0.3, 0.4) is 0 Å². The predicted molar refractivity (Wildman–Crippen MR) is 111 cm³/mol. The molecule has 0 fully saturated rings. The Morgan fingerprint density at radius 1 is 1.00 bits per heavy atom. The molecule has 0 aliphatic heterocycles. The van der Waals surface area contributed by atoms with E-state index in [1.807, 2.05) is 43.3 Å². The highest BCUT2D eigenvalue weighted by Gasteiger charge is 2.18. The minimum atomic E-state index is -0.442. The largest absolute Gasteiger partial charge is 0.378 e. The third-order valence-corrected chi connectivity index (χ3v) is 4.71. The molecule has 0 amide bonds. The Morgan fingerprint density at radius 3 is 2.18 bits per heavy atom. The topological polar surface area (TPSA) is 72.2 Å². The second kappa shape index (κ2) is 8.67. The number of non-ortho nitro benzene ring substituents is 1. The fourth-order valence-electron chi connectivity index (χ4n) is 2.87. The summed E-state index contributed by atoms with van der Waals surface area (Å²) in [7, 11) is 0. The van der Waals surface area contributed by atoms with E-state index in [9.17, 15) is 14.9 Å². The normalized spacial score (nSPS) is 11.6. The van der Waals surface area contributed by atoms with Gasteiger partial charge in [-0.1, -0.05) is 53.6 Å². The van der Waals surface area contributed by atoms with Gasteiger partial charge in [0.05, 0.1) is 11.0 Å². The van der Waals surface area contributed by atoms with E-state index in [1.54, 1.807) is 24.3 Å². The number of nitro groups is 1. The van der Waals surface area contributed by atoms with Gasteiger partial charge in [0.2, 0.25) is 0 Å². The van der Waals surface area contributed by atoms with Crippen LogP contribution >= 0.6 is 11.6 Å². The van der Waals surface area contributed by atoms with Gasteiger partial charge in [0.15, 0.2) is 5.78 Å². The molecule has 3 rings (SSSR count). The van der Waals surface area contributed by atoms with Crippen molar-refractivity contribution in [1.29, 1.82) is 0 Å². The number of hydrogen-bond acceptors (Lipinski definition) is 4. The molecule has 142 valence electrons. The summed E-state index contributed by atoms with van der Waals surface area (Å²) in [5, 5.41) is 14.9. The lowest BCUT2D eigenvalue weighted by Gasteiger charge is -2.20. The summed E-state index contributed by atoms with van der Waals surface area (Å²) >= 11 is 5.94. The first-order chi connectivity index (χ1) is 13.4. The average molecular weight is 395 g/mol. The quantitative estimate of drug-likeness (QED) is 0.304. The number of Topliss-reactive ketones (excluding diaryl/α,β-unsaturated/α-hetero) is 1. The van der Waals surface area contributed by atoms with Crippen LogP contribution in [-0.2, 0) is 0 Å². The molecule has 6 heteroatoms. The Labute approximate surface area is 168 Å². The highest BCUT2D eigenvalue weighted by Crippen LogP contribution is 2.27. The first-order valence-electron chi connectivity index (χ1n) is 8.79. The summed E-state index contributed by atoms with van der Waals surface area (Å²) in [6, 6.07) is 20.5. The number of anilines is 1. The van der Waals surface area contributed by atoms with E-state index < -0.39 is 4.92 Å². The molecule has 0 aromatic heterocycles. The Hall–Kier alpha value is -3.18. The van der Waals surface area contributed by atoms with Gasteiger partial charge in [-0.2, -0.15) is 0 Å². The van der Waals surface area contributed by atoms with Crippen molar-refractivity contribution in [3.05, 3.63) is 105 Å². The third kappa shape index (κ3) is 4.96.